The molecule has 0 saturated carbocycles. The molecule has 218 valence electrons. The summed E-state index contributed by atoms with van der Waals surface area (Å²) in [6.07, 6.45) is 1.38. The second-order valence-corrected chi connectivity index (χ2v) is 8.32. The Balaban J connectivity index is 3.06. The first-order valence-electron chi connectivity index (χ1n) is 13.2. The lowest BCUT2D eigenvalue weighted by Gasteiger charge is -2.12. The molecular weight excluding hydrogens is 476 g/mol. The average molecular weight is 529 g/mol. The molecule has 1 atom stereocenters. The van der Waals surface area contributed by atoms with E-state index in [-0.39, 0.29) is 6.61 Å². The highest BCUT2D eigenvalue weighted by atomic mass is 16.6. The zero-order valence-electron chi connectivity index (χ0n) is 22.6. The summed E-state index contributed by atoms with van der Waals surface area (Å²) in [5.41, 5.74) is 0. The predicted molar refractivity (Wildman–Crippen MR) is 135 cm³/mol. The highest BCUT2D eigenvalue weighted by Gasteiger charge is 2.05. The van der Waals surface area contributed by atoms with E-state index >= 15 is 0 Å². The summed E-state index contributed by atoms with van der Waals surface area (Å²) in [5.74, 6) is 0.595. The van der Waals surface area contributed by atoms with Crippen LogP contribution < -0.4 is 0 Å². The molecule has 0 aromatic heterocycles. The first-order valence-corrected chi connectivity index (χ1v) is 13.2. The third kappa shape index (κ3) is 31.6. The van der Waals surface area contributed by atoms with Crippen molar-refractivity contribution in [1.82, 2.24) is 0 Å². The lowest BCUT2D eigenvalue weighted by atomic mass is 10.1. The molecular formula is C25H52O11. The van der Waals surface area contributed by atoms with Crippen molar-refractivity contribution in [2.45, 2.75) is 32.8 Å². The van der Waals surface area contributed by atoms with Gasteiger partial charge >= 0.3 is 0 Å². The van der Waals surface area contributed by atoms with Crippen LogP contribution in [0.4, 0.5) is 0 Å². The van der Waals surface area contributed by atoms with Crippen molar-refractivity contribution in [3.8, 4) is 0 Å². The van der Waals surface area contributed by atoms with Gasteiger partial charge in [-0.05, 0) is 18.8 Å². The van der Waals surface area contributed by atoms with E-state index in [1.165, 1.54) is 0 Å². The Morgan fingerprint density at radius 1 is 0.417 bits per heavy atom. The molecule has 0 radical (unpaired) electrons. The number of hydrogen-bond donors (Lipinski definition) is 2. The minimum absolute atomic E-state index is 0.0273. The van der Waals surface area contributed by atoms with E-state index in [1.807, 2.05) is 0 Å². The number of hydrogen-bond acceptors (Lipinski definition) is 11. The van der Waals surface area contributed by atoms with E-state index in [1.54, 1.807) is 0 Å². The Morgan fingerprint density at radius 2 is 0.694 bits per heavy atom. The molecule has 0 fully saturated rings. The molecule has 11 nitrogen and oxygen atoms in total. The molecule has 11 heteroatoms. The van der Waals surface area contributed by atoms with E-state index in [2.05, 4.69) is 13.8 Å². The van der Waals surface area contributed by atoms with Crippen LogP contribution in [-0.4, -0.2) is 142 Å². The lowest BCUT2D eigenvalue weighted by molar-refractivity contribution is -0.0287. The van der Waals surface area contributed by atoms with Gasteiger partial charge in [-0.2, -0.15) is 0 Å². The van der Waals surface area contributed by atoms with Crippen LogP contribution >= 0.6 is 0 Å². The van der Waals surface area contributed by atoms with Crippen LogP contribution in [0.2, 0.25) is 0 Å². The molecule has 0 aliphatic carbocycles. The Bertz CT molecular complexity index is 402. The van der Waals surface area contributed by atoms with E-state index in [0.29, 0.717) is 125 Å². The Kier molecular flexibility index (Phi) is 30.4. The van der Waals surface area contributed by atoms with Crippen molar-refractivity contribution >= 4 is 0 Å². The predicted octanol–water partition coefficient (Wildman–Crippen LogP) is 0.925. The monoisotopic (exact) mass is 528 g/mol. The van der Waals surface area contributed by atoms with E-state index in [9.17, 15) is 5.11 Å². The SMILES string of the molecule is CC(C)CCC(O)COCCOCCOCCOCCOCCOCCOCCOCCOCCO. The maximum Gasteiger partial charge on any atom is 0.0773 e. The maximum atomic E-state index is 9.77. The molecule has 2 N–H and O–H groups in total. The van der Waals surface area contributed by atoms with Crippen molar-refractivity contribution in [2.24, 2.45) is 5.92 Å². The van der Waals surface area contributed by atoms with Gasteiger partial charge in [-0.3, -0.25) is 0 Å². The highest BCUT2D eigenvalue weighted by Crippen LogP contribution is 2.06. The molecule has 0 aromatic rings. The third-order valence-electron chi connectivity index (χ3n) is 4.60. The average Bonchev–Trinajstić information content (AvgIpc) is 2.87. The zero-order valence-corrected chi connectivity index (χ0v) is 22.6. The standard InChI is InChI=1S/C25H52O11/c1-24(2)3-4-25(27)23-36-22-21-35-20-19-34-18-17-33-16-15-32-14-13-31-12-11-30-10-9-29-8-7-28-6-5-26/h24-27H,3-23H2,1-2H3. The summed E-state index contributed by atoms with van der Waals surface area (Å²) in [6, 6.07) is 0. The van der Waals surface area contributed by atoms with Crippen LogP contribution in [0.3, 0.4) is 0 Å². The first kappa shape index (κ1) is 35.6. The molecule has 0 aliphatic rings. The van der Waals surface area contributed by atoms with Crippen molar-refractivity contribution in [3.63, 3.8) is 0 Å². The second kappa shape index (κ2) is 30.8. The van der Waals surface area contributed by atoms with E-state index in [0.717, 1.165) is 12.8 Å². The van der Waals surface area contributed by atoms with Gasteiger partial charge in [0.25, 0.3) is 0 Å². The van der Waals surface area contributed by atoms with E-state index < -0.39 is 6.10 Å². The van der Waals surface area contributed by atoms with Gasteiger partial charge in [0.2, 0.25) is 0 Å². The molecule has 0 aromatic carbocycles. The van der Waals surface area contributed by atoms with Crippen molar-refractivity contribution in [2.75, 3.05) is 126 Å². The fourth-order valence-corrected chi connectivity index (χ4v) is 2.65. The molecule has 0 amide bonds. The largest absolute Gasteiger partial charge is 0.394 e. The normalized spacial score (nSPS) is 12.6. The molecule has 36 heavy (non-hydrogen) atoms. The van der Waals surface area contributed by atoms with Crippen molar-refractivity contribution < 1.29 is 52.8 Å². The molecule has 0 bridgehead atoms. The van der Waals surface area contributed by atoms with Gasteiger partial charge in [0.05, 0.1) is 132 Å². The molecule has 1 unspecified atom stereocenters. The van der Waals surface area contributed by atoms with Gasteiger partial charge in [0, 0.05) is 0 Å². The lowest BCUT2D eigenvalue weighted by Crippen LogP contribution is -2.18. The van der Waals surface area contributed by atoms with Gasteiger partial charge in [-0.15, -0.1) is 0 Å². The van der Waals surface area contributed by atoms with Gasteiger partial charge in [-0.1, -0.05) is 13.8 Å². The minimum Gasteiger partial charge on any atom is -0.394 e. The summed E-state index contributed by atoms with van der Waals surface area (Å²) in [6.45, 7) is 13.0. The maximum absolute atomic E-state index is 9.77. The number of rotatable bonds is 31. The summed E-state index contributed by atoms with van der Waals surface area (Å²) >= 11 is 0. The molecule has 0 rings (SSSR count). The quantitative estimate of drug-likeness (QED) is 0.125. The van der Waals surface area contributed by atoms with Crippen LogP contribution in [0.15, 0.2) is 0 Å². The van der Waals surface area contributed by atoms with Crippen LogP contribution in [0.1, 0.15) is 26.7 Å². The minimum atomic E-state index is -0.396. The Hall–Kier alpha value is -0.440. The summed E-state index contributed by atoms with van der Waals surface area (Å²) in [7, 11) is 0. The fourth-order valence-electron chi connectivity index (χ4n) is 2.65. The van der Waals surface area contributed by atoms with Gasteiger partial charge < -0.3 is 52.8 Å². The highest BCUT2D eigenvalue weighted by molar-refractivity contribution is 4.56. The first-order chi connectivity index (χ1) is 17.7. The van der Waals surface area contributed by atoms with Crippen LogP contribution in [0, 0.1) is 5.92 Å². The Labute approximate surface area is 217 Å². The molecule has 0 saturated heterocycles. The van der Waals surface area contributed by atoms with Crippen molar-refractivity contribution in [3.05, 3.63) is 0 Å². The fraction of sp³-hybridized carbons (Fsp3) is 1.00. The molecule has 0 aliphatic heterocycles. The van der Waals surface area contributed by atoms with Gasteiger partial charge in [0.1, 0.15) is 0 Å². The topological polar surface area (TPSA) is 124 Å². The van der Waals surface area contributed by atoms with Crippen LogP contribution in [0.25, 0.3) is 0 Å². The van der Waals surface area contributed by atoms with Gasteiger partial charge in [-0.25, -0.2) is 0 Å². The van der Waals surface area contributed by atoms with E-state index in [4.69, 9.17) is 47.7 Å². The number of aliphatic hydroxyl groups is 2. The molecule has 0 heterocycles. The number of ether oxygens (including phenoxy) is 9. The third-order valence-corrected chi connectivity index (χ3v) is 4.60. The Morgan fingerprint density at radius 3 is 0.972 bits per heavy atom. The summed E-state index contributed by atoms with van der Waals surface area (Å²) < 4.78 is 48.3. The summed E-state index contributed by atoms with van der Waals surface area (Å²) in [5, 5.41) is 18.3. The summed E-state index contributed by atoms with van der Waals surface area (Å²) in [4.78, 5) is 0. The number of aliphatic hydroxyl groups excluding tert-OH is 2. The van der Waals surface area contributed by atoms with Crippen LogP contribution in [0.5, 0.6) is 0 Å². The van der Waals surface area contributed by atoms with Gasteiger partial charge in [0.15, 0.2) is 0 Å². The molecule has 0 spiro atoms. The zero-order chi connectivity index (χ0) is 26.4. The van der Waals surface area contributed by atoms with Crippen LogP contribution in [-0.2, 0) is 42.6 Å². The smallest absolute Gasteiger partial charge is 0.0773 e. The van der Waals surface area contributed by atoms with Crippen molar-refractivity contribution in [1.29, 1.82) is 0 Å². The second-order valence-electron chi connectivity index (χ2n) is 8.32.